The molecule has 3 heterocycles. The summed E-state index contributed by atoms with van der Waals surface area (Å²) in [5, 5.41) is 20.9. The molecule has 9 nitrogen and oxygen atoms in total. The first-order chi connectivity index (χ1) is 16.3. The monoisotopic (exact) mass is 464 g/mol. The Hall–Kier alpha value is -4.61. The van der Waals surface area contributed by atoms with Crippen LogP contribution in [0.15, 0.2) is 60.9 Å². The van der Waals surface area contributed by atoms with Crippen molar-refractivity contribution in [2.24, 2.45) is 0 Å². The standard InChI is InChI=1S/C22H15F3N8O/c1-12-5-6-14(10-17(12)22(23,24)25)21(34)28-15-4-2-3-13(9-15)18-7-8-26-20-16(11-27-33(18)20)19-29-31-32-30-19/h2-11H,1H3,(H,28,34)(H,29,30,31,32). The van der Waals surface area contributed by atoms with Gasteiger partial charge in [0.25, 0.3) is 5.91 Å². The quantitative estimate of drug-likeness (QED) is 0.413. The zero-order valence-corrected chi connectivity index (χ0v) is 17.5. The first-order valence-electron chi connectivity index (χ1n) is 9.97. The van der Waals surface area contributed by atoms with Crippen LogP contribution in [0, 0.1) is 6.92 Å². The van der Waals surface area contributed by atoms with Crippen molar-refractivity contribution in [2.75, 3.05) is 5.32 Å². The molecule has 3 aromatic heterocycles. The largest absolute Gasteiger partial charge is 0.416 e. The highest BCUT2D eigenvalue weighted by Gasteiger charge is 2.33. The molecular weight excluding hydrogens is 449 g/mol. The van der Waals surface area contributed by atoms with E-state index in [1.54, 1.807) is 41.2 Å². The number of tetrazole rings is 1. The van der Waals surface area contributed by atoms with Crippen LogP contribution in [0.1, 0.15) is 21.5 Å². The molecule has 0 unspecified atom stereocenters. The highest BCUT2D eigenvalue weighted by Crippen LogP contribution is 2.32. The molecule has 2 N–H and O–H groups in total. The Morgan fingerprint density at radius 2 is 1.97 bits per heavy atom. The lowest BCUT2D eigenvalue weighted by Crippen LogP contribution is -2.15. The van der Waals surface area contributed by atoms with E-state index in [1.165, 1.54) is 19.1 Å². The fourth-order valence-electron chi connectivity index (χ4n) is 3.57. The predicted octanol–water partition coefficient (Wildman–Crippen LogP) is 4.16. The van der Waals surface area contributed by atoms with Gasteiger partial charge >= 0.3 is 6.18 Å². The molecule has 0 atom stereocenters. The average Bonchev–Trinajstić information content (AvgIpc) is 3.48. The molecule has 0 radical (unpaired) electrons. The van der Waals surface area contributed by atoms with E-state index in [1.807, 2.05) is 6.07 Å². The Morgan fingerprint density at radius 3 is 2.74 bits per heavy atom. The van der Waals surface area contributed by atoms with Crippen LogP contribution < -0.4 is 5.32 Å². The van der Waals surface area contributed by atoms with Crippen molar-refractivity contribution in [3.63, 3.8) is 0 Å². The van der Waals surface area contributed by atoms with Crippen LogP contribution in [0.5, 0.6) is 0 Å². The summed E-state index contributed by atoms with van der Waals surface area (Å²) in [5.74, 6) is -0.307. The first kappa shape index (κ1) is 21.2. The number of aromatic nitrogens is 7. The number of benzene rings is 2. The number of H-pyrrole nitrogens is 1. The molecule has 0 saturated heterocycles. The molecule has 34 heavy (non-hydrogen) atoms. The normalized spacial score (nSPS) is 11.6. The van der Waals surface area contributed by atoms with Crippen LogP contribution in [-0.4, -0.2) is 41.1 Å². The summed E-state index contributed by atoms with van der Waals surface area (Å²) in [6.45, 7) is 1.35. The van der Waals surface area contributed by atoms with E-state index >= 15 is 0 Å². The molecule has 0 fully saturated rings. The second kappa shape index (κ2) is 8.06. The van der Waals surface area contributed by atoms with Gasteiger partial charge in [-0.15, -0.1) is 10.2 Å². The second-order valence-electron chi connectivity index (χ2n) is 7.42. The molecule has 5 rings (SSSR count). The van der Waals surface area contributed by atoms with Crippen molar-refractivity contribution in [3.05, 3.63) is 77.6 Å². The molecule has 0 aliphatic carbocycles. The number of amides is 1. The fraction of sp³-hybridized carbons (Fsp3) is 0.0909. The van der Waals surface area contributed by atoms with Gasteiger partial charge in [-0.2, -0.15) is 23.5 Å². The maximum absolute atomic E-state index is 13.2. The number of carbonyl (C=O) groups is 1. The minimum absolute atomic E-state index is 0.0483. The Labute approximate surface area is 189 Å². The van der Waals surface area contributed by atoms with E-state index in [0.29, 0.717) is 34.0 Å². The summed E-state index contributed by atoms with van der Waals surface area (Å²) < 4.78 is 41.3. The molecule has 2 aromatic carbocycles. The molecule has 1 amide bonds. The van der Waals surface area contributed by atoms with Crippen molar-refractivity contribution < 1.29 is 18.0 Å². The molecule has 0 saturated carbocycles. The number of hydrogen-bond donors (Lipinski definition) is 2. The number of halogens is 3. The van der Waals surface area contributed by atoms with E-state index in [0.717, 1.165) is 6.07 Å². The third-order valence-corrected chi connectivity index (χ3v) is 5.21. The molecule has 0 bridgehead atoms. The smallest absolute Gasteiger partial charge is 0.322 e. The van der Waals surface area contributed by atoms with Crippen LogP contribution >= 0.6 is 0 Å². The van der Waals surface area contributed by atoms with E-state index in [9.17, 15) is 18.0 Å². The van der Waals surface area contributed by atoms with Crippen molar-refractivity contribution in [1.29, 1.82) is 0 Å². The topological polar surface area (TPSA) is 114 Å². The van der Waals surface area contributed by atoms with Crippen molar-refractivity contribution in [1.82, 2.24) is 35.2 Å². The van der Waals surface area contributed by atoms with Crippen LogP contribution in [0.3, 0.4) is 0 Å². The summed E-state index contributed by atoms with van der Waals surface area (Å²) in [7, 11) is 0. The van der Waals surface area contributed by atoms with Gasteiger partial charge in [0.2, 0.25) is 5.82 Å². The van der Waals surface area contributed by atoms with Crippen molar-refractivity contribution in [3.8, 4) is 22.6 Å². The van der Waals surface area contributed by atoms with Gasteiger partial charge in [0.15, 0.2) is 5.65 Å². The molecule has 0 aliphatic rings. The van der Waals surface area contributed by atoms with Gasteiger partial charge in [0.05, 0.1) is 23.0 Å². The SMILES string of the molecule is Cc1ccc(C(=O)Nc2cccc(-c3ccnc4c(-c5nn[nH]n5)cnn34)c2)cc1C(F)(F)F. The molecule has 12 heteroatoms. The fourth-order valence-corrected chi connectivity index (χ4v) is 3.57. The molecule has 0 aliphatic heterocycles. The van der Waals surface area contributed by atoms with Gasteiger partial charge in [-0.25, -0.2) is 9.50 Å². The Morgan fingerprint density at radius 1 is 1.12 bits per heavy atom. The number of anilines is 1. The number of fused-ring (bicyclic) bond motifs is 1. The van der Waals surface area contributed by atoms with Crippen LogP contribution in [0.2, 0.25) is 0 Å². The number of nitrogens with one attached hydrogen (secondary N) is 2. The first-order valence-corrected chi connectivity index (χ1v) is 9.97. The van der Waals surface area contributed by atoms with E-state index in [-0.39, 0.29) is 11.1 Å². The lowest BCUT2D eigenvalue weighted by molar-refractivity contribution is -0.138. The number of nitrogens with zero attached hydrogens (tertiary/aromatic N) is 6. The zero-order chi connectivity index (χ0) is 23.9. The predicted molar refractivity (Wildman–Crippen MR) is 116 cm³/mol. The van der Waals surface area contributed by atoms with Gasteiger partial charge in [-0.05, 0) is 48.0 Å². The minimum Gasteiger partial charge on any atom is -0.322 e. The molecule has 5 aromatic rings. The molecular formula is C22H15F3N8O. The van der Waals surface area contributed by atoms with Gasteiger partial charge in [-0.1, -0.05) is 18.2 Å². The molecule has 170 valence electrons. The maximum atomic E-state index is 13.2. The maximum Gasteiger partial charge on any atom is 0.416 e. The third-order valence-electron chi connectivity index (χ3n) is 5.21. The number of aryl methyl sites for hydroxylation is 1. The Bertz CT molecular complexity index is 1510. The van der Waals surface area contributed by atoms with E-state index in [4.69, 9.17) is 0 Å². The van der Waals surface area contributed by atoms with Crippen molar-refractivity contribution in [2.45, 2.75) is 13.1 Å². The number of rotatable bonds is 4. The highest BCUT2D eigenvalue weighted by atomic mass is 19.4. The second-order valence-corrected chi connectivity index (χ2v) is 7.42. The lowest BCUT2D eigenvalue weighted by Gasteiger charge is -2.13. The third kappa shape index (κ3) is 3.85. The minimum atomic E-state index is -4.54. The van der Waals surface area contributed by atoms with E-state index < -0.39 is 17.6 Å². The van der Waals surface area contributed by atoms with Gasteiger partial charge < -0.3 is 5.32 Å². The van der Waals surface area contributed by atoms with Crippen LogP contribution in [0.4, 0.5) is 18.9 Å². The average molecular weight is 464 g/mol. The number of aromatic amines is 1. The number of alkyl halides is 3. The van der Waals surface area contributed by atoms with E-state index in [2.05, 4.69) is 36.0 Å². The van der Waals surface area contributed by atoms with Crippen molar-refractivity contribution >= 4 is 17.2 Å². The summed E-state index contributed by atoms with van der Waals surface area (Å²) in [4.78, 5) is 17.0. The summed E-state index contributed by atoms with van der Waals surface area (Å²) in [6.07, 6.45) is -1.37. The number of hydrogen-bond acceptors (Lipinski definition) is 6. The summed E-state index contributed by atoms with van der Waals surface area (Å²) in [5.41, 5.74) is 1.99. The zero-order valence-electron chi connectivity index (χ0n) is 17.5. The molecule has 0 spiro atoms. The number of carbonyl (C=O) groups excluding carboxylic acids is 1. The van der Waals surface area contributed by atoms with Gasteiger partial charge in [0, 0.05) is 23.0 Å². The van der Waals surface area contributed by atoms with Gasteiger partial charge in [-0.3, -0.25) is 4.79 Å². The summed E-state index contributed by atoms with van der Waals surface area (Å²) in [6, 6.07) is 12.1. The van der Waals surface area contributed by atoms with Crippen LogP contribution in [0.25, 0.3) is 28.3 Å². The highest BCUT2D eigenvalue weighted by molar-refractivity contribution is 6.04. The lowest BCUT2D eigenvalue weighted by atomic mass is 10.0. The Kier molecular flexibility index (Phi) is 5.04. The van der Waals surface area contributed by atoms with Crippen LogP contribution in [-0.2, 0) is 6.18 Å². The van der Waals surface area contributed by atoms with Gasteiger partial charge in [0.1, 0.15) is 0 Å². The Balaban J connectivity index is 1.46. The summed E-state index contributed by atoms with van der Waals surface area (Å²) >= 11 is 0.